The van der Waals surface area contributed by atoms with Gasteiger partial charge in [-0.2, -0.15) is 0 Å². The molecule has 0 N–H and O–H groups in total. The number of furan rings is 1. The predicted molar refractivity (Wildman–Crippen MR) is 289 cm³/mol. The van der Waals surface area contributed by atoms with Gasteiger partial charge in [-0.25, -0.2) is 0 Å². The first-order valence-corrected chi connectivity index (χ1v) is 25.0. The molecule has 0 fully saturated rings. The molecule has 2 aromatic heterocycles. The van der Waals surface area contributed by atoms with Crippen LogP contribution in [0, 0.1) is 0 Å². The van der Waals surface area contributed by atoms with Crippen LogP contribution in [-0.4, -0.2) is 6.61 Å². The molecule has 1 aliphatic heterocycles. The topological polar surface area (TPSA) is 22.4 Å². The van der Waals surface area contributed by atoms with Gasteiger partial charge in [0.25, 0.3) is 0 Å². The van der Waals surface area contributed by atoms with Crippen LogP contribution in [-0.2, 0) is 6.42 Å². The molecule has 1 aliphatic rings. The van der Waals surface area contributed by atoms with Crippen LogP contribution in [0.5, 0.6) is 5.75 Å². The largest absolute Gasteiger partial charge is 0.493 e. The Kier molecular flexibility index (Phi) is 25.9. The SMILES string of the molecule is CC.CC.CC.CC(C)c1ccc2c(c1)OCC2.CC(C)c1ccc2ccccc2c1.CC(C)c1ccc2ccoc2c1.CC(C)c1ccc2ccsc2c1.CC(C)c1ccccc1. The minimum absolute atomic E-state index is 0.569. The molecule has 6 aromatic carbocycles. The fourth-order valence-electron chi connectivity index (χ4n) is 6.61. The number of hydrogen-bond donors (Lipinski definition) is 0. The van der Waals surface area contributed by atoms with Crippen molar-refractivity contribution in [1.29, 1.82) is 0 Å². The monoisotopic (exact) mass is 879 g/mol. The van der Waals surface area contributed by atoms with E-state index < -0.39 is 0 Å². The first kappa shape index (κ1) is 55.0. The Bertz CT molecular complexity index is 2350. The van der Waals surface area contributed by atoms with E-state index in [0.29, 0.717) is 29.6 Å². The van der Waals surface area contributed by atoms with Crippen molar-refractivity contribution in [3.8, 4) is 5.75 Å². The van der Waals surface area contributed by atoms with Crippen molar-refractivity contribution in [3.63, 3.8) is 0 Å². The van der Waals surface area contributed by atoms with Crippen molar-refractivity contribution in [3.05, 3.63) is 185 Å². The fraction of sp³-hybridized carbons (Fsp3) is 0.377. The van der Waals surface area contributed by atoms with E-state index in [4.69, 9.17) is 9.15 Å². The second kappa shape index (κ2) is 30.1. The van der Waals surface area contributed by atoms with Crippen LogP contribution in [0.25, 0.3) is 31.8 Å². The van der Waals surface area contributed by atoms with E-state index in [1.54, 1.807) is 6.26 Å². The van der Waals surface area contributed by atoms with Crippen molar-refractivity contribution in [2.24, 2.45) is 0 Å². The van der Waals surface area contributed by atoms with E-state index in [1.165, 1.54) is 59.6 Å². The van der Waals surface area contributed by atoms with E-state index in [-0.39, 0.29) is 0 Å². The van der Waals surface area contributed by atoms with E-state index >= 15 is 0 Å². The van der Waals surface area contributed by atoms with Crippen molar-refractivity contribution in [1.82, 2.24) is 0 Å². The lowest BCUT2D eigenvalue weighted by Crippen LogP contribution is -1.88. The van der Waals surface area contributed by atoms with Crippen molar-refractivity contribution in [2.75, 3.05) is 6.61 Å². The minimum Gasteiger partial charge on any atom is -0.493 e. The van der Waals surface area contributed by atoms with Crippen LogP contribution in [0.2, 0.25) is 0 Å². The van der Waals surface area contributed by atoms with Crippen LogP contribution >= 0.6 is 11.3 Å². The summed E-state index contributed by atoms with van der Waals surface area (Å²) in [5.41, 5.74) is 9.31. The second-order valence-electron chi connectivity index (χ2n) is 16.7. The van der Waals surface area contributed by atoms with Crippen LogP contribution < -0.4 is 4.74 Å². The minimum atomic E-state index is 0.569. The van der Waals surface area contributed by atoms with Crippen molar-refractivity contribution < 1.29 is 9.15 Å². The predicted octanol–water partition coefficient (Wildman–Crippen LogP) is 20.2. The highest BCUT2D eigenvalue weighted by atomic mass is 32.1. The number of benzene rings is 6. The quantitative estimate of drug-likeness (QED) is 0.172. The zero-order chi connectivity index (χ0) is 47.6. The molecular weight excluding hydrogens is 797 g/mol. The summed E-state index contributed by atoms with van der Waals surface area (Å²) in [4.78, 5) is 0. The van der Waals surface area contributed by atoms with Gasteiger partial charge < -0.3 is 9.15 Å². The normalized spacial score (nSPS) is 10.9. The lowest BCUT2D eigenvalue weighted by Gasteiger charge is -2.06. The highest BCUT2D eigenvalue weighted by Crippen LogP contribution is 2.29. The smallest absolute Gasteiger partial charge is 0.134 e. The van der Waals surface area contributed by atoms with Gasteiger partial charge in [-0.3, -0.25) is 0 Å². The Balaban J connectivity index is 0.000000268. The molecule has 0 spiro atoms. The van der Waals surface area contributed by atoms with Crippen molar-refractivity contribution in [2.45, 2.75) is 147 Å². The average molecular weight is 879 g/mol. The van der Waals surface area contributed by atoms with Gasteiger partial charge in [-0.05, 0) is 115 Å². The molecule has 344 valence electrons. The summed E-state index contributed by atoms with van der Waals surface area (Å²) >= 11 is 1.82. The molecule has 0 bridgehead atoms. The molecule has 0 atom stereocenters. The molecule has 0 amide bonds. The third-order valence-corrected chi connectivity index (χ3v) is 11.5. The molecule has 0 aliphatic carbocycles. The van der Waals surface area contributed by atoms with Gasteiger partial charge in [0.05, 0.1) is 12.9 Å². The highest BCUT2D eigenvalue weighted by Gasteiger charge is 2.12. The van der Waals surface area contributed by atoms with Crippen LogP contribution in [0.15, 0.2) is 156 Å². The van der Waals surface area contributed by atoms with E-state index in [0.717, 1.165) is 24.4 Å². The Morgan fingerprint density at radius 2 is 0.891 bits per heavy atom. The Hall–Kier alpha value is -5.12. The molecule has 0 saturated carbocycles. The number of rotatable bonds is 5. The molecule has 2 nitrogen and oxygen atoms in total. The Morgan fingerprint density at radius 1 is 0.406 bits per heavy atom. The van der Waals surface area contributed by atoms with Crippen molar-refractivity contribution >= 4 is 43.2 Å². The summed E-state index contributed by atoms with van der Waals surface area (Å²) < 4.78 is 12.2. The Labute approximate surface area is 394 Å². The second-order valence-corrected chi connectivity index (χ2v) is 17.6. The molecule has 0 saturated heterocycles. The van der Waals surface area contributed by atoms with Gasteiger partial charge >= 0.3 is 0 Å². The zero-order valence-electron chi connectivity index (χ0n) is 42.5. The van der Waals surface area contributed by atoms with E-state index in [9.17, 15) is 0 Å². The number of ether oxygens (including phenoxy) is 1. The third kappa shape index (κ3) is 17.8. The van der Waals surface area contributed by atoms with Gasteiger partial charge in [0.2, 0.25) is 0 Å². The van der Waals surface area contributed by atoms with Gasteiger partial charge in [-0.15, -0.1) is 11.3 Å². The summed E-state index contributed by atoms with van der Waals surface area (Å²) in [6.07, 6.45) is 2.81. The maximum Gasteiger partial charge on any atom is 0.134 e. The van der Waals surface area contributed by atoms with Crippen LogP contribution in [0.1, 0.15) is 174 Å². The standard InChI is InChI=1S/C13H14.C11H14O.C11H12O.C11H12S.C9H12.3C2H6/c1-10(2)12-8-7-11-5-3-4-6-13(11)9-12;3*1-8(2)10-4-3-9-5-6-12-11(9)7-10;1-8(2)9-6-4-3-5-7-9;3*1-2/h3-10H,1-2H3;3-4,7-8H,5-6H2,1-2H3;2*3-8H,1-2H3;3-8H,1-2H3;3*1-2H3. The average Bonchev–Trinajstić information content (AvgIpc) is 4.13. The first-order valence-electron chi connectivity index (χ1n) is 24.1. The lowest BCUT2D eigenvalue weighted by atomic mass is 9.99. The molecule has 8 aromatic rings. The van der Waals surface area contributed by atoms with E-state index in [2.05, 4.69) is 202 Å². The fourth-order valence-corrected chi connectivity index (χ4v) is 7.45. The van der Waals surface area contributed by atoms with Crippen LogP contribution in [0.3, 0.4) is 0 Å². The van der Waals surface area contributed by atoms with Gasteiger partial charge in [0.1, 0.15) is 11.3 Å². The molecule has 3 heterocycles. The maximum atomic E-state index is 5.49. The molecular formula is C61H82O2S. The van der Waals surface area contributed by atoms with E-state index in [1.807, 2.05) is 65.0 Å². The molecule has 64 heavy (non-hydrogen) atoms. The molecule has 9 rings (SSSR count). The lowest BCUT2D eigenvalue weighted by molar-refractivity contribution is 0.356. The third-order valence-electron chi connectivity index (χ3n) is 10.6. The first-order chi connectivity index (χ1) is 30.9. The molecule has 0 radical (unpaired) electrons. The van der Waals surface area contributed by atoms with Gasteiger partial charge in [0, 0.05) is 16.5 Å². The number of hydrogen-bond acceptors (Lipinski definition) is 3. The number of thiophene rings is 1. The summed E-state index contributed by atoms with van der Waals surface area (Å²) in [5.74, 6) is 4.17. The molecule has 0 unspecified atom stereocenters. The number of fused-ring (bicyclic) bond motifs is 4. The summed E-state index contributed by atoms with van der Waals surface area (Å²) in [6, 6.07) is 49.5. The van der Waals surface area contributed by atoms with Gasteiger partial charge in [0.15, 0.2) is 0 Å². The summed E-state index contributed by atoms with van der Waals surface area (Å²) in [6.45, 7) is 35.0. The van der Waals surface area contributed by atoms with Gasteiger partial charge in [-0.1, -0.05) is 220 Å². The highest BCUT2D eigenvalue weighted by molar-refractivity contribution is 7.17. The summed E-state index contributed by atoms with van der Waals surface area (Å²) in [7, 11) is 0. The Morgan fingerprint density at radius 3 is 1.47 bits per heavy atom. The van der Waals surface area contributed by atoms with Crippen LogP contribution in [0.4, 0.5) is 0 Å². The summed E-state index contributed by atoms with van der Waals surface area (Å²) in [5, 5.41) is 7.36. The molecule has 3 heteroatoms. The zero-order valence-corrected chi connectivity index (χ0v) is 43.3. The maximum absolute atomic E-state index is 5.49.